The van der Waals surface area contributed by atoms with Crippen LogP contribution < -0.4 is 20.3 Å². The van der Waals surface area contributed by atoms with E-state index < -0.39 is 5.97 Å². The van der Waals surface area contributed by atoms with E-state index in [1.165, 1.54) is 0 Å². The average Bonchev–Trinajstić information content (AvgIpc) is 3.31. The van der Waals surface area contributed by atoms with Gasteiger partial charge in [0.2, 0.25) is 0 Å². The fraction of sp³-hybridized carbons (Fsp3) is 0.222. The van der Waals surface area contributed by atoms with Crippen molar-refractivity contribution in [2.24, 2.45) is 0 Å². The second-order valence-electron chi connectivity index (χ2n) is 8.00. The second-order valence-corrected chi connectivity index (χ2v) is 8.00. The van der Waals surface area contributed by atoms with Gasteiger partial charge in [-0.15, -0.1) is 0 Å². The number of fused-ring (bicyclic) bond motifs is 1. The number of ether oxygens (including phenoxy) is 2. The molecule has 4 rings (SSSR count). The Bertz CT molecular complexity index is 1220. The molecule has 0 saturated carbocycles. The van der Waals surface area contributed by atoms with Gasteiger partial charge in [0, 0.05) is 30.0 Å². The molecule has 1 aliphatic rings. The first-order valence-corrected chi connectivity index (χ1v) is 11.4. The summed E-state index contributed by atoms with van der Waals surface area (Å²) in [6.45, 7) is 2.96. The molecule has 0 aliphatic carbocycles. The van der Waals surface area contributed by atoms with Gasteiger partial charge < -0.3 is 25.0 Å². The van der Waals surface area contributed by atoms with E-state index in [1.54, 1.807) is 67.5 Å². The lowest BCUT2D eigenvalue weighted by molar-refractivity contribution is 0.0526. The Morgan fingerprint density at radius 1 is 0.943 bits per heavy atom. The van der Waals surface area contributed by atoms with Gasteiger partial charge in [-0.05, 0) is 79.1 Å². The number of carbonyl (C=O) groups is 3. The van der Waals surface area contributed by atoms with E-state index in [9.17, 15) is 14.4 Å². The normalized spacial score (nSPS) is 12.0. The van der Waals surface area contributed by atoms with Gasteiger partial charge in [0.05, 0.1) is 19.3 Å². The maximum Gasteiger partial charge on any atom is 0.338 e. The van der Waals surface area contributed by atoms with Crippen molar-refractivity contribution in [1.82, 2.24) is 5.32 Å². The highest BCUT2D eigenvalue weighted by atomic mass is 16.5. The van der Waals surface area contributed by atoms with Crippen LogP contribution in [0.1, 0.15) is 38.8 Å². The van der Waals surface area contributed by atoms with Gasteiger partial charge in [0.15, 0.2) is 0 Å². The van der Waals surface area contributed by atoms with E-state index in [0.29, 0.717) is 42.3 Å². The molecule has 2 N–H and O–H groups in total. The summed E-state index contributed by atoms with van der Waals surface area (Å²) in [5.74, 6) is 0.227. The van der Waals surface area contributed by atoms with E-state index in [1.807, 2.05) is 18.2 Å². The Kier molecular flexibility index (Phi) is 7.30. The molecule has 0 radical (unpaired) electrons. The van der Waals surface area contributed by atoms with Crippen LogP contribution in [-0.2, 0) is 17.7 Å². The van der Waals surface area contributed by atoms with Crippen molar-refractivity contribution in [2.75, 3.05) is 30.5 Å². The number of rotatable bonds is 7. The monoisotopic (exact) mass is 473 g/mol. The molecule has 8 nitrogen and oxygen atoms in total. The van der Waals surface area contributed by atoms with Gasteiger partial charge in [-0.3, -0.25) is 4.79 Å². The molecule has 0 saturated heterocycles. The number of anilines is 2. The van der Waals surface area contributed by atoms with Gasteiger partial charge in [-0.1, -0.05) is 12.1 Å². The third kappa shape index (κ3) is 5.60. The number of nitrogens with one attached hydrogen (secondary N) is 2. The molecule has 1 aliphatic heterocycles. The lowest BCUT2D eigenvalue weighted by atomic mass is 10.1. The summed E-state index contributed by atoms with van der Waals surface area (Å²) in [4.78, 5) is 38.9. The largest absolute Gasteiger partial charge is 0.497 e. The quantitative estimate of drug-likeness (QED) is 0.496. The topological polar surface area (TPSA) is 97.0 Å². The van der Waals surface area contributed by atoms with E-state index in [2.05, 4.69) is 10.6 Å². The number of hydrogen-bond acceptors (Lipinski definition) is 5. The van der Waals surface area contributed by atoms with Crippen LogP contribution in [0.5, 0.6) is 5.75 Å². The lowest BCUT2D eigenvalue weighted by Gasteiger charge is -2.18. The SMILES string of the molecule is CCOC(=O)c1ccc(NC(=O)NCc2ccc3c(c2)N(C(=O)c2ccc(OC)cc2)CC3)cc1. The molecule has 3 amide bonds. The Morgan fingerprint density at radius 2 is 1.66 bits per heavy atom. The van der Waals surface area contributed by atoms with E-state index in [0.717, 1.165) is 23.2 Å². The molecule has 8 heteroatoms. The second kappa shape index (κ2) is 10.7. The first kappa shape index (κ1) is 23.8. The Hall–Kier alpha value is -4.33. The molecule has 0 bridgehead atoms. The summed E-state index contributed by atoms with van der Waals surface area (Å²) in [6, 6.07) is 19.1. The highest BCUT2D eigenvalue weighted by Gasteiger charge is 2.26. The van der Waals surface area contributed by atoms with Gasteiger partial charge in [-0.2, -0.15) is 0 Å². The van der Waals surface area contributed by atoms with E-state index in [-0.39, 0.29) is 11.9 Å². The first-order chi connectivity index (χ1) is 17.0. The Morgan fingerprint density at radius 3 is 2.34 bits per heavy atom. The van der Waals surface area contributed by atoms with Crippen molar-refractivity contribution in [2.45, 2.75) is 19.9 Å². The number of methoxy groups -OCH3 is 1. The van der Waals surface area contributed by atoms with Crippen molar-refractivity contribution in [3.63, 3.8) is 0 Å². The fourth-order valence-corrected chi connectivity index (χ4v) is 3.90. The molecule has 3 aromatic rings. The highest BCUT2D eigenvalue weighted by molar-refractivity contribution is 6.07. The molecule has 3 aromatic carbocycles. The van der Waals surface area contributed by atoms with Gasteiger partial charge >= 0.3 is 12.0 Å². The van der Waals surface area contributed by atoms with Crippen molar-refractivity contribution in [3.05, 3.63) is 89.0 Å². The zero-order chi connectivity index (χ0) is 24.8. The number of amides is 3. The highest BCUT2D eigenvalue weighted by Crippen LogP contribution is 2.30. The van der Waals surface area contributed by atoms with Crippen LogP contribution in [0.4, 0.5) is 16.2 Å². The van der Waals surface area contributed by atoms with Crippen LogP contribution in [0, 0.1) is 0 Å². The minimum Gasteiger partial charge on any atom is -0.497 e. The maximum atomic E-state index is 13.1. The predicted molar refractivity (Wildman–Crippen MR) is 133 cm³/mol. The molecule has 0 spiro atoms. The van der Waals surface area contributed by atoms with Crippen molar-refractivity contribution < 1.29 is 23.9 Å². The molecule has 1 heterocycles. The summed E-state index contributed by atoms with van der Waals surface area (Å²) in [5.41, 5.74) is 4.41. The summed E-state index contributed by atoms with van der Waals surface area (Å²) in [5, 5.41) is 5.57. The number of hydrogen-bond donors (Lipinski definition) is 2. The van der Waals surface area contributed by atoms with Crippen molar-refractivity contribution in [1.29, 1.82) is 0 Å². The minimum absolute atomic E-state index is 0.0690. The molecule has 180 valence electrons. The van der Waals surface area contributed by atoms with Gasteiger partial charge in [0.1, 0.15) is 5.75 Å². The van der Waals surface area contributed by atoms with Crippen molar-refractivity contribution >= 4 is 29.3 Å². The summed E-state index contributed by atoms with van der Waals surface area (Å²) >= 11 is 0. The van der Waals surface area contributed by atoms with Crippen LogP contribution in [0.25, 0.3) is 0 Å². The molecule has 35 heavy (non-hydrogen) atoms. The standard InChI is InChI=1S/C27H27N3O5/c1-3-35-26(32)21-6-10-22(11-7-21)29-27(33)28-17-18-4-5-19-14-15-30(24(19)16-18)25(31)20-8-12-23(34-2)13-9-20/h4-13,16H,3,14-15,17H2,1-2H3,(H2,28,29,33). The number of benzene rings is 3. The van der Waals surface area contributed by atoms with Crippen LogP contribution in [0.3, 0.4) is 0 Å². The molecule has 0 atom stereocenters. The smallest absolute Gasteiger partial charge is 0.338 e. The zero-order valence-corrected chi connectivity index (χ0v) is 19.7. The van der Waals surface area contributed by atoms with Gasteiger partial charge in [-0.25, -0.2) is 9.59 Å². The molecular weight excluding hydrogens is 446 g/mol. The molecule has 0 unspecified atom stereocenters. The van der Waals surface area contributed by atoms with Crippen LogP contribution in [-0.4, -0.2) is 38.2 Å². The average molecular weight is 474 g/mol. The van der Waals surface area contributed by atoms with Crippen molar-refractivity contribution in [3.8, 4) is 5.75 Å². The number of nitrogens with zero attached hydrogens (tertiary/aromatic N) is 1. The minimum atomic E-state index is -0.403. The van der Waals surface area contributed by atoms with E-state index >= 15 is 0 Å². The number of carbonyl (C=O) groups excluding carboxylic acids is 3. The Balaban J connectivity index is 1.36. The van der Waals surface area contributed by atoms with Crippen LogP contribution in [0.15, 0.2) is 66.7 Å². The Labute approximate surface area is 203 Å². The fourth-order valence-electron chi connectivity index (χ4n) is 3.90. The van der Waals surface area contributed by atoms with Crippen LogP contribution >= 0.6 is 0 Å². The van der Waals surface area contributed by atoms with Crippen LogP contribution in [0.2, 0.25) is 0 Å². The first-order valence-electron chi connectivity index (χ1n) is 11.4. The molecule has 0 fully saturated rings. The summed E-state index contributed by atoms with van der Waals surface area (Å²) in [6.07, 6.45) is 0.785. The predicted octanol–water partition coefficient (Wildman–Crippen LogP) is 4.40. The summed E-state index contributed by atoms with van der Waals surface area (Å²) < 4.78 is 10.1. The summed E-state index contributed by atoms with van der Waals surface area (Å²) in [7, 11) is 1.59. The third-order valence-electron chi connectivity index (χ3n) is 5.73. The van der Waals surface area contributed by atoms with Gasteiger partial charge in [0.25, 0.3) is 5.91 Å². The number of urea groups is 1. The van der Waals surface area contributed by atoms with E-state index in [4.69, 9.17) is 9.47 Å². The third-order valence-corrected chi connectivity index (χ3v) is 5.73. The lowest BCUT2D eigenvalue weighted by Crippen LogP contribution is -2.29. The molecular formula is C27H27N3O5. The molecule has 0 aromatic heterocycles. The zero-order valence-electron chi connectivity index (χ0n) is 19.7. The maximum absolute atomic E-state index is 13.1. The number of esters is 1.